The number of nitriles is 1. The number of aryl methyl sites for hydroxylation is 1. The van der Waals surface area contributed by atoms with Gasteiger partial charge in [-0.05, 0) is 70.2 Å². The van der Waals surface area contributed by atoms with E-state index >= 15 is 0 Å². The van der Waals surface area contributed by atoms with E-state index in [0.717, 1.165) is 12.8 Å². The quantitative estimate of drug-likeness (QED) is 0.441. The highest BCUT2D eigenvalue weighted by atomic mass is 79.9. The molecule has 0 bridgehead atoms. The van der Waals surface area contributed by atoms with Crippen LogP contribution in [0.1, 0.15) is 31.4 Å². The van der Waals surface area contributed by atoms with Crippen LogP contribution in [-0.4, -0.2) is 19.6 Å². The fraction of sp³-hybridized carbons (Fsp3) is 0.273. The second-order valence-electron chi connectivity index (χ2n) is 6.06. The number of carbonyl (C=O) groups excluding carboxylic acids is 1. The molecule has 5 nitrogen and oxygen atoms in total. The third kappa shape index (κ3) is 5.61. The molecule has 0 aliphatic rings. The maximum Gasteiger partial charge on any atom is 0.266 e. The van der Waals surface area contributed by atoms with E-state index in [0.29, 0.717) is 33.8 Å². The molecule has 0 fully saturated rings. The van der Waals surface area contributed by atoms with E-state index in [2.05, 4.69) is 28.2 Å². The van der Waals surface area contributed by atoms with Crippen molar-refractivity contribution in [3.05, 3.63) is 57.6 Å². The van der Waals surface area contributed by atoms with Gasteiger partial charge in [-0.2, -0.15) is 5.26 Å². The molecule has 0 saturated heterocycles. The van der Waals surface area contributed by atoms with Gasteiger partial charge in [-0.3, -0.25) is 4.79 Å². The number of benzene rings is 2. The molecule has 0 spiro atoms. The molecule has 2 rings (SSSR count). The molecule has 0 radical (unpaired) electrons. The zero-order valence-corrected chi connectivity index (χ0v) is 17.8. The van der Waals surface area contributed by atoms with E-state index < -0.39 is 5.91 Å². The number of carbonyl (C=O) groups is 1. The Labute approximate surface area is 174 Å². The molecular formula is C22H23BrN2O3. The number of amides is 1. The molecule has 0 saturated carbocycles. The lowest BCUT2D eigenvalue weighted by molar-refractivity contribution is -0.112. The zero-order valence-electron chi connectivity index (χ0n) is 16.2. The molecule has 28 heavy (non-hydrogen) atoms. The Kier molecular flexibility index (Phi) is 8.09. The second kappa shape index (κ2) is 10.5. The summed E-state index contributed by atoms with van der Waals surface area (Å²) in [6.45, 7) is 4.65. The number of nitrogens with zero attached hydrogens (tertiary/aromatic N) is 1. The Balaban J connectivity index is 2.26. The van der Waals surface area contributed by atoms with Crippen molar-refractivity contribution in [2.45, 2.75) is 26.7 Å². The van der Waals surface area contributed by atoms with Gasteiger partial charge in [0.15, 0.2) is 11.5 Å². The summed E-state index contributed by atoms with van der Waals surface area (Å²) in [4.78, 5) is 12.5. The summed E-state index contributed by atoms with van der Waals surface area (Å²) in [7, 11) is 1.55. The first kappa shape index (κ1) is 21.5. The van der Waals surface area contributed by atoms with Crippen molar-refractivity contribution in [3.8, 4) is 17.6 Å². The maximum absolute atomic E-state index is 12.5. The zero-order chi connectivity index (χ0) is 20.5. The Morgan fingerprint density at radius 3 is 2.54 bits per heavy atom. The molecule has 0 heterocycles. The summed E-state index contributed by atoms with van der Waals surface area (Å²) in [6, 6.07) is 13.0. The highest BCUT2D eigenvalue weighted by Crippen LogP contribution is 2.37. The van der Waals surface area contributed by atoms with E-state index in [1.807, 2.05) is 37.3 Å². The van der Waals surface area contributed by atoms with Crippen molar-refractivity contribution >= 4 is 33.6 Å². The lowest BCUT2D eigenvalue weighted by Gasteiger charge is -2.13. The number of nitrogens with one attached hydrogen (secondary N) is 1. The van der Waals surface area contributed by atoms with Crippen LogP contribution in [0.2, 0.25) is 0 Å². The smallest absolute Gasteiger partial charge is 0.266 e. The summed E-state index contributed by atoms with van der Waals surface area (Å²) < 4.78 is 11.8. The lowest BCUT2D eigenvalue weighted by Crippen LogP contribution is -2.13. The Morgan fingerprint density at radius 2 is 1.96 bits per heavy atom. The standard InChI is InChI=1S/C22H23BrN2O3/c1-4-10-28-21-19(23)12-16(13-20(21)27-3)11-17(14-24)22(26)25-18-8-6-15(5-2)7-9-18/h6-9,11-13H,4-5,10H2,1-3H3,(H,25,26)/b17-11-. The van der Waals surface area contributed by atoms with Crippen LogP contribution in [-0.2, 0) is 11.2 Å². The van der Waals surface area contributed by atoms with E-state index in [9.17, 15) is 10.1 Å². The molecule has 146 valence electrons. The molecule has 0 aromatic heterocycles. The molecule has 2 aromatic rings. The van der Waals surface area contributed by atoms with Crippen LogP contribution in [0.4, 0.5) is 5.69 Å². The first-order valence-electron chi connectivity index (χ1n) is 9.04. The number of halogens is 1. The molecule has 1 amide bonds. The Hall–Kier alpha value is -2.78. The highest BCUT2D eigenvalue weighted by Gasteiger charge is 2.14. The summed E-state index contributed by atoms with van der Waals surface area (Å²) >= 11 is 3.47. The van der Waals surface area contributed by atoms with Crippen LogP contribution in [0.25, 0.3) is 6.08 Å². The Morgan fingerprint density at radius 1 is 1.25 bits per heavy atom. The van der Waals surface area contributed by atoms with Crippen LogP contribution in [0.3, 0.4) is 0 Å². The van der Waals surface area contributed by atoms with Crippen molar-refractivity contribution in [3.63, 3.8) is 0 Å². The average molecular weight is 443 g/mol. The van der Waals surface area contributed by atoms with Gasteiger partial charge in [0.1, 0.15) is 11.6 Å². The SMILES string of the molecule is CCCOc1c(Br)cc(/C=C(/C#N)C(=O)Nc2ccc(CC)cc2)cc1OC. The van der Waals surface area contributed by atoms with Gasteiger partial charge in [0.2, 0.25) is 0 Å². The van der Waals surface area contributed by atoms with Crippen LogP contribution >= 0.6 is 15.9 Å². The second-order valence-corrected chi connectivity index (χ2v) is 6.91. The predicted molar refractivity (Wildman–Crippen MR) is 115 cm³/mol. The average Bonchev–Trinajstić information content (AvgIpc) is 2.71. The fourth-order valence-corrected chi connectivity index (χ4v) is 3.08. The normalized spacial score (nSPS) is 10.9. The van der Waals surface area contributed by atoms with Crippen molar-refractivity contribution in [1.29, 1.82) is 5.26 Å². The number of methoxy groups -OCH3 is 1. The minimum atomic E-state index is -0.465. The van der Waals surface area contributed by atoms with Gasteiger partial charge in [0.05, 0.1) is 18.2 Å². The number of rotatable bonds is 8. The molecular weight excluding hydrogens is 420 g/mol. The molecule has 0 unspecified atom stereocenters. The minimum absolute atomic E-state index is 0.00394. The first-order chi connectivity index (χ1) is 13.5. The number of ether oxygens (including phenoxy) is 2. The third-order valence-corrected chi connectivity index (χ3v) is 4.59. The lowest BCUT2D eigenvalue weighted by atomic mass is 10.1. The van der Waals surface area contributed by atoms with Crippen LogP contribution in [0.5, 0.6) is 11.5 Å². The van der Waals surface area contributed by atoms with E-state index in [4.69, 9.17) is 9.47 Å². The molecule has 0 aliphatic carbocycles. The summed E-state index contributed by atoms with van der Waals surface area (Å²) in [5, 5.41) is 12.2. The fourth-order valence-electron chi connectivity index (χ4n) is 2.50. The third-order valence-electron chi connectivity index (χ3n) is 4.00. The molecule has 6 heteroatoms. The van der Waals surface area contributed by atoms with Crippen LogP contribution < -0.4 is 14.8 Å². The molecule has 1 N–H and O–H groups in total. The van der Waals surface area contributed by atoms with Crippen molar-refractivity contribution in [2.24, 2.45) is 0 Å². The Bertz CT molecular complexity index is 899. The monoisotopic (exact) mass is 442 g/mol. The van der Waals surface area contributed by atoms with Crippen LogP contribution in [0, 0.1) is 11.3 Å². The van der Waals surface area contributed by atoms with Gasteiger partial charge in [-0.25, -0.2) is 0 Å². The number of hydrogen-bond donors (Lipinski definition) is 1. The van der Waals surface area contributed by atoms with Crippen molar-refractivity contribution in [2.75, 3.05) is 19.0 Å². The van der Waals surface area contributed by atoms with Gasteiger partial charge in [0, 0.05) is 5.69 Å². The highest BCUT2D eigenvalue weighted by molar-refractivity contribution is 9.10. The first-order valence-corrected chi connectivity index (χ1v) is 9.84. The number of anilines is 1. The van der Waals surface area contributed by atoms with E-state index in [1.165, 1.54) is 11.6 Å². The minimum Gasteiger partial charge on any atom is -0.493 e. The van der Waals surface area contributed by atoms with E-state index in [1.54, 1.807) is 19.2 Å². The molecule has 0 atom stereocenters. The van der Waals surface area contributed by atoms with Gasteiger partial charge < -0.3 is 14.8 Å². The maximum atomic E-state index is 12.5. The summed E-state index contributed by atoms with van der Waals surface area (Å²) in [5.41, 5.74) is 2.47. The topological polar surface area (TPSA) is 71.3 Å². The van der Waals surface area contributed by atoms with Gasteiger partial charge in [-0.1, -0.05) is 26.0 Å². The van der Waals surface area contributed by atoms with Crippen molar-refractivity contribution in [1.82, 2.24) is 0 Å². The summed E-state index contributed by atoms with van der Waals surface area (Å²) in [6.07, 6.45) is 3.31. The van der Waals surface area contributed by atoms with Crippen molar-refractivity contribution < 1.29 is 14.3 Å². The van der Waals surface area contributed by atoms with Gasteiger partial charge in [-0.15, -0.1) is 0 Å². The number of hydrogen-bond acceptors (Lipinski definition) is 4. The molecule has 2 aromatic carbocycles. The molecule has 0 aliphatic heterocycles. The largest absolute Gasteiger partial charge is 0.493 e. The van der Waals surface area contributed by atoms with Gasteiger partial charge >= 0.3 is 0 Å². The summed E-state index contributed by atoms with van der Waals surface area (Å²) in [5.74, 6) is 0.663. The van der Waals surface area contributed by atoms with Gasteiger partial charge in [0.25, 0.3) is 5.91 Å². The van der Waals surface area contributed by atoms with Crippen LogP contribution in [0.15, 0.2) is 46.4 Å². The van der Waals surface area contributed by atoms with E-state index in [-0.39, 0.29) is 5.57 Å². The predicted octanol–water partition coefficient (Wildman–Crippen LogP) is 5.35.